The van der Waals surface area contributed by atoms with Crippen LogP contribution in [-0.2, 0) is 9.53 Å². The number of carbonyl (C=O) groups is 3. The van der Waals surface area contributed by atoms with Crippen molar-refractivity contribution in [2.75, 3.05) is 11.4 Å². The maximum Gasteiger partial charge on any atom is 0.408 e. The molecule has 2 aliphatic rings. The summed E-state index contributed by atoms with van der Waals surface area (Å²) in [5.41, 5.74) is 2.16. The number of anilines is 1. The third-order valence-electron chi connectivity index (χ3n) is 8.36. The number of alkyl carbamates (subject to hydrolysis) is 1. The molecule has 2 aliphatic heterocycles. The maximum atomic E-state index is 14.2. The van der Waals surface area contributed by atoms with Gasteiger partial charge in [-0.05, 0) is 75.4 Å². The average molecular weight is 640 g/mol. The minimum Gasteiger partial charge on any atom is -0.444 e. The zero-order chi connectivity index (χ0) is 32.7. The van der Waals surface area contributed by atoms with Gasteiger partial charge in [0.2, 0.25) is 5.91 Å². The Bertz CT molecular complexity index is 1900. The first-order valence-corrected chi connectivity index (χ1v) is 15.7. The summed E-state index contributed by atoms with van der Waals surface area (Å²) in [4.78, 5) is 61.1. The highest BCUT2D eigenvalue weighted by Gasteiger charge is 2.39. The Hall–Kier alpha value is -5.03. The first kappa shape index (κ1) is 33.3. The summed E-state index contributed by atoms with van der Waals surface area (Å²) in [6.07, 6.45) is 0.183. The molecule has 0 saturated heterocycles. The van der Waals surface area contributed by atoms with Crippen molar-refractivity contribution in [3.05, 3.63) is 100 Å². The van der Waals surface area contributed by atoms with Crippen molar-refractivity contribution in [1.29, 1.82) is 0 Å². The Morgan fingerprint density at radius 2 is 1.64 bits per heavy atom. The van der Waals surface area contributed by atoms with Crippen LogP contribution in [-0.4, -0.2) is 51.1 Å². The second kappa shape index (κ2) is 13.0. The third-order valence-corrected chi connectivity index (χ3v) is 8.36. The summed E-state index contributed by atoms with van der Waals surface area (Å²) in [5, 5.41) is 6.42. The molecule has 246 valence electrons. The van der Waals surface area contributed by atoms with E-state index >= 15 is 0 Å². The van der Waals surface area contributed by atoms with Gasteiger partial charge in [0, 0.05) is 18.2 Å². The minimum atomic E-state index is -0.791. The quantitative estimate of drug-likeness (QED) is 0.309. The van der Waals surface area contributed by atoms with Gasteiger partial charge >= 0.3 is 6.09 Å². The van der Waals surface area contributed by atoms with Gasteiger partial charge in [0.1, 0.15) is 17.5 Å². The lowest BCUT2D eigenvalue weighted by molar-refractivity contribution is -0.121. The van der Waals surface area contributed by atoms with Gasteiger partial charge in [-0.25, -0.2) is 9.78 Å². The van der Waals surface area contributed by atoms with Crippen LogP contribution in [0.2, 0.25) is 0 Å². The van der Waals surface area contributed by atoms with Crippen molar-refractivity contribution >= 4 is 34.5 Å². The molecule has 3 atom stereocenters. The van der Waals surface area contributed by atoms with E-state index in [1.807, 2.05) is 44.2 Å². The molecule has 4 N–H and O–H groups in total. The van der Waals surface area contributed by atoms with Crippen molar-refractivity contribution in [2.24, 2.45) is 5.92 Å². The molecule has 47 heavy (non-hydrogen) atoms. The molecule has 3 amide bonds. The topological polar surface area (TPSA) is 154 Å². The standard InChI is InChI=1S/C36H39N5O5.H2O/c1-21(2)18-28(39-35(45)46-36(3,4)5)34(44)40-20-22(23-12-7-10-16-29(23)40)19-27-31-37-26-15-9-6-13-24(26)33(43)41(31)30-17-11-8-14-25(30)32(42)38-27;/h6-17,21-22,27-28H,18-20H2,1-5H3,(H,38,42)(H,39,45);1H2/t22?,27?,28-;/m0./s1. The largest absolute Gasteiger partial charge is 0.444 e. The summed E-state index contributed by atoms with van der Waals surface area (Å²) < 4.78 is 7.03. The lowest BCUT2D eigenvalue weighted by atomic mass is 9.93. The molecule has 2 unspecified atom stereocenters. The Morgan fingerprint density at radius 1 is 0.979 bits per heavy atom. The fourth-order valence-electron chi connectivity index (χ4n) is 6.46. The molecule has 6 rings (SSSR count). The van der Waals surface area contributed by atoms with Crippen LogP contribution in [0.25, 0.3) is 16.6 Å². The molecule has 0 spiro atoms. The smallest absolute Gasteiger partial charge is 0.408 e. The van der Waals surface area contributed by atoms with Crippen LogP contribution in [0.1, 0.15) is 81.2 Å². The maximum absolute atomic E-state index is 14.2. The van der Waals surface area contributed by atoms with Gasteiger partial charge in [-0.1, -0.05) is 56.3 Å². The van der Waals surface area contributed by atoms with E-state index in [4.69, 9.17) is 9.72 Å². The predicted molar refractivity (Wildman–Crippen MR) is 180 cm³/mol. The van der Waals surface area contributed by atoms with E-state index in [0.29, 0.717) is 47.4 Å². The van der Waals surface area contributed by atoms with E-state index in [2.05, 4.69) is 10.6 Å². The number of nitrogens with zero attached hydrogens (tertiary/aromatic N) is 3. The van der Waals surface area contributed by atoms with Crippen LogP contribution in [0.4, 0.5) is 10.5 Å². The average Bonchev–Trinajstić information content (AvgIpc) is 3.31. The van der Waals surface area contributed by atoms with Crippen molar-refractivity contribution in [1.82, 2.24) is 20.2 Å². The van der Waals surface area contributed by atoms with Gasteiger partial charge in [-0.3, -0.25) is 19.0 Å². The van der Waals surface area contributed by atoms with E-state index in [0.717, 1.165) is 11.3 Å². The fourth-order valence-corrected chi connectivity index (χ4v) is 6.46. The molecule has 3 aromatic carbocycles. The van der Waals surface area contributed by atoms with E-state index in [1.165, 1.54) is 0 Å². The second-order valence-corrected chi connectivity index (χ2v) is 13.4. The van der Waals surface area contributed by atoms with Crippen LogP contribution >= 0.6 is 0 Å². The van der Waals surface area contributed by atoms with Gasteiger partial charge in [0.05, 0.1) is 28.2 Å². The Labute approximate surface area is 273 Å². The molecule has 3 heterocycles. The lowest BCUT2D eigenvalue weighted by Gasteiger charge is -2.28. The summed E-state index contributed by atoms with van der Waals surface area (Å²) in [7, 11) is 0. The number of aromatic nitrogens is 2. The Balaban J connectivity index is 0.00000433. The van der Waals surface area contributed by atoms with Crippen molar-refractivity contribution in [3.8, 4) is 5.69 Å². The Morgan fingerprint density at radius 3 is 2.36 bits per heavy atom. The molecule has 0 aliphatic carbocycles. The molecule has 0 fully saturated rings. The highest BCUT2D eigenvalue weighted by atomic mass is 16.6. The molecule has 0 radical (unpaired) electrons. The lowest BCUT2D eigenvalue weighted by Crippen LogP contribution is -2.50. The zero-order valence-electron chi connectivity index (χ0n) is 27.2. The summed E-state index contributed by atoms with van der Waals surface area (Å²) in [5.74, 6) is -0.144. The Kier molecular flexibility index (Phi) is 9.22. The summed E-state index contributed by atoms with van der Waals surface area (Å²) >= 11 is 0. The molecule has 11 nitrogen and oxygen atoms in total. The minimum absolute atomic E-state index is 0. The van der Waals surface area contributed by atoms with Gasteiger partial charge in [0.25, 0.3) is 11.5 Å². The van der Waals surface area contributed by atoms with Crippen LogP contribution in [0.15, 0.2) is 77.6 Å². The monoisotopic (exact) mass is 639 g/mol. The van der Waals surface area contributed by atoms with E-state index in [-0.39, 0.29) is 34.7 Å². The van der Waals surface area contributed by atoms with E-state index < -0.39 is 23.8 Å². The molecule has 1 aromatic heterocycles. The fraction of sp³-hybridized carbons (Fsp3) is 0.361. The third kappa shape index (κ3) is 6.62. The number of hydrogen-bond donors (Lipinski definition) is 2. The SMILES string of the molecule is CC(C)C[C@H](NC(=O)OC(C)(C)C)C(=O)N1CC(CC2NC(=O)c3ccccc3-n3c2nc2ccccc2c3=O)c2ccccc21.O. The second-order valence-electron chi connectivity index (χ2n) is 13.4. The number of carbonyl (C=O) groups excluding carboxylic acids is 3. The highest BCUT2D eigenvalue weighted by Crippen LogP contribution is 2.42. The molecular weight excluding hydrogens is 598 g/mol. The van der Waals surface area contributed by atoms with Gasteiger partial charge in [0.15, 0.2) is 0 Å². The predicted octanol–water partition coefficient (Wildman–Crippen LogP) is 4.81. The van der Waals surface area contributed by atoms with Crippen LogP contribution < -0.4 is 21.1 Å². The molecule has 4 aromatic rings. The van der Waals surface area contributed by atoms with Crippen molar-refractivity contribution in [3.63, 3.8) is 0 Å². The van der Waals surface area contributed by atoms with Gasteiger partial charge in [-0.15, -0.1) is 0 Å². The van der Waals surface area contributed by atoms with E-state index in [9.17, 15) is 19.2 Å². The zero-order valence-corrected chi connectivity index (χ0v) is 27.2. The summed E-state index contributed by atoms with van der Waals surface area (Å²) in [6, 6.07) is 20.5. The van der Waals surface area contributed by atoms with Crippen molar-refractivity contribution in [2.45, 2.75) is 71.1 Å². The number of benzene rings is 3. The molecular formula is C36H41N5O6. The number of para-hydroxylation sites is 3. The number of ether oxygens (including phenoxy) is 1. The number of hydrogen-bond acceptors (Lipinski definition) is 6. The summed E-state index contributed by atoms with van der Waals surface area (Å²) in [6.45, 7) is 9.67. The first-order chi connectivity index (χ1) is 21.9. The van der Waals surface area contributed by atoms with Crippen LogP contribution in [0.3, 0.4) is 0 Å². The number of nitrogens with one attached hydrogen (secondary N) is 2. The van der Waals surface area contributed by atoms with Crippen molar-refractivity contribution < 1.29 is 24.6 Å². The molecule has 0 bridgehead atoms. The first-order valence-electron chi connectivity index (χ1n) is 15.7. The number of rotatable bonds is 6. The number of fused-ring (bicyclic) bond motifs is 5. The van der Waals surface area contributed by atoms with Crippen LogP contribution in [0.5, 0.6) is 0 Å². The molecule has 0 saturated carbocycles. The van der Waals surface area contributed by atoms with Gasteiger partial charge < -0.3 is 25.7 Å². The highest BCUT2D eigenvalue weighted by molar-refractivity contribution is 6.01. The molecule has 11 heteroatoms. The number of amides is 3. The van der Waals surface area contributed by atoms with Gasteiger partial charge in [-0.2, -0.15) is 0 Å². The van der Waals surface area contributed by atoms with Crippen LogP contribution in [0, 0.1) is 5.92 Å². The van der Waals surface area contributed by atoms with E-state index in [1.54, 1.807) is 72.7 Å². The normalized spacial score (nSPS) is 17.5.